The van der Waals surface area contributed by atoms with E-state index < -0.39 is 11.8 Å². The van der Waals surface area contributed by atoms with Crippen LogP contribution in [0.15, 0.2) is 18.2 Å². The molecule has 0 aliphatic carbocycles. The molecule has 0 spiro atoms. The van der Waals surface area contributed by atoms with Gasteiger partial charge >= 0.3 is 11.8 Å². The van der Waals surface area contributed by atoms with Crippen molar-refractivity contribution < 1.29 is 14.3 Å². The standard InChI is InChI=1S/C16H21ClN2O3/c1-10(2)19(11(3)4)16(21)15(20)18-8-9-22-14-12(17)6-5-7-13(14)18/h5-7,10-11H,8-9H2,1-4H3. The van der Waals surface area contributed by atoms with Gasteiger partial charge < -0.3 is 9.64 Å². The molecule has 5 nitrogen and oxygen atoms in total. The van der Waals surface area contributed by atoms with Crippen molar-refractivity contribution in [2.75, 3.05) is 18.1 Å². The van der Waals surface area contributed by atoms with Crippen LogP contribution in [0.25, 0.3) is 0 Å². The Kier molecular flexibility index (Phi) is 4.96. The van der Waals surface area contributed by atoms with Crippen LogP contribution in [0.2, 0.25) is 5.02 Å². The largest absolute Gasteiger partial charge is 0.488 e. The lowest BCUT2D eigenvalue weighted by atomic mass is 10.2. The van der Waals surface area contributed by atoms with Crippen LogP contribution in [0.3, 0.4) is 0 Å². The summed E-state index contributed by atoms with van der Waals surface area (Å²) in [5, 5.41) is 0.437. The third-order valence-electron chi connectivity index (χ3n) is 3.57. The highest BCUT2D eigenvalue weighted by molar-refractivity contribution is 6.41. The van der Waals surface area contributed by atoms with Crippen molar-refractivity contribution in [1.29, 1.82) is 0 Å². The van der Waals surface area contributed by atoms with Crippen molar-refractivity contribution >= 4 is 29.1 Å². The summed E-state index contributed by atoms with van der Waals surface area (Å²) in [6.45, 7) is 8.25. The van der Waals surface area contributed by atoms with Gasteiger partial charge in [0.1, 0.15) is 6.61 Å². The molecule has 0 unspecified atom stereocenters. The zero-order chi connectivity index (χ0) is 16.4. The molecule has 6 heteroatoms. The number of nitrogens with zero attached hydrogens (tertiary/aromatic N) is 2. The van der Waals surface area contributed by atoms with Gasteiger partial charge in [-0.2, -0.15) is 0 Å². The number of hydrogen-bond acceptors (Lipinski definition) is 3. The summed E-state index contributed by atoms with van der Waals surface area (Å²) in [5.41, 5.74) is 0.546. The average molecular weight is 325 g/mol. The fraction of sp³-hybridized carbons (Fsp3) is 0.500. The Labute approximate surface area is 135 Å². The van der Waals surface area contributed by atoms with Crippen LogP contribution in [-0.2, 0) is 9.59 Å². The van der Waals surface area contributed by atoms with Gasteiger partial charge in [0.15, 0.2) is 5.75 Å². The maximum Gasteiger partial charge on any atom is 0.316 e. The zero-order valence-corrected chi connectivity index (χ0v) is 14.1. The summed E-state index contributed by atoms with van der Waals surface area (Å²) in [7, 11) is 0. The van der Waals surface area contributed by atoms with E-state index >= 15 is 0 Å². The first-order chi connectivity index (χ1) is 10.3. The highest BCUT2D eigenvalue weighted by atomic mass is 35.5. The first-order valence-electron chi connectivity index (χ1n) is 7.40. The number of carbonyl (C=O) groups is 2. The lowest BCUT2D eigenvalue weighted by Gasteiger charge is -2.34. The third kappa shape index (κ3) is 3.04. The minimum absolute atomic E-state index is 0.0451. The summed E-state index contributed by atoms with van der Waals surface area (Å²) in [4.78, 5) is 28.3. The quantitative estimate of drug-likeness (QED) is 0.786. The first kappa shape index (κ1) is 16.6. The van der Waals surface area contributed by atoms with Gasteiger partial charge in [-0.1, -0.05) is 17.7 Å². The van der Waals surface area contributed by atoms with Crippen LogP contribution < -0.4 is 9.64 Å². The van der Waals surface area contributed by atoms with E-state index in [9.17, 15) is 9.59 Å². The van der Waals surface area contributed by atoms with E-state index in [1.54, 1.807) is 23.1 Å². The second kappa shape index (κ2) is 6.57. The van der Waals surface area contributed by atoms with Crippen molar-refractivity contribution in [2.24, 2.45) is 0 Å². The fourth-order valence-corrected chi connectivity index (χ4v) is 2.94. The van der Waals surface area contributed by atoms with E-state index in [2.05, 4.69) is 0 Å². The number of benzene rings is 1. The summed E-state index contributed by atoms with van der Waals surface area (Å²) in [5.74, 6) is -0.593. The molecule has 1 aliphatic heterocycles. The number of fused-ring (bicyclic) bond motifs is 1. The number of carbonyl (C=O) groups excluding carboxylic acids is 2. The number of ether oxygens (including phenoxy) is 1. The number of hydrogen-bond donors (Lipinski definition) is 0. The third-order valence-corrected chi connectivity index (χ3v) is 3.87. The van der Waals surface area contributed by atoms with Crippen LogP contribution >= 0.6 is 11.6 Å². The molecule has 2 amide bonds. The molecule has 0 saturated heterocycles. The topological polar surface area (TPSA) is 49.9 Å². The van der Waals surface area contributed by atoms with Crippen LogP contribution in [0, 0.1) is 0 Å². The van der Waals surface area contributed by atoms with Crippen LogP contribution in [0.5, 0.6) is 5.75 Å². The van der Waals surface area contributed by atoms with Gasteiger partial charge in [0, 0.05) is 12.1 Å². The summed E-state index contributed by atoms with van der Waals surface area (Å²) in [6.07, 6.45) is 0. The van der Waals surface area contributed by atoms with Gasteiger partial charge in [-0.3, -0.25) is 14.5 Å². The zero-order valence-electron chi connectivity index (χ0n) is 13.3. The minimum Gasteiger partial charge on any atom is -0.488 e. The Morgan fingerprint density at radius 2 is 1.86 bits per heavy atom. The normalized spacial score (nSPS) is 13.9. The molecule has 0 bridgehead atoms. The van der Waals surface area contributed by atoms with Crippen LogP contribution in [0.4, 0.5) is 5.69 Å². The van der Waals surface area contributed by atoms with E-state index in [0.29, 0.717) is 29.6 Å². The molecular weight excluding hydrogens is 304 g/mol. The Morgan fingerprint density at radius 1 is 1.23 bits per heavy atom. The number of anilines is 1. The lowest BCUT2D eigenvalue weighted by Crippen LogP contribution is -2.52. The molecule has 1 aromatic carbocycles. The van der Waals surface area contributed by atoms with E-state index in [1.807, 2.05) is 27.7 Å². The average Bonchev–Trinajstić information content (AvgIpc) is 2.45. The summed E-state index contributed by atoms with van der Waals surface area (Å²) in [6, 6.07) is 5.09. The van der Waals surface area contributed by atoms with E-state index in [-0.39, 0.29) is 12.1 Å². The Morgan fingerprint density at radius 3 is 2.45 bits per heavy atom. The number of halogens is 1. The predicted octanol–water partition coefficient (Wildman–Crippen LogP) is 2.71. The second-order valence-corrected chi connectivity index (χ2v) is 6.20. The van der Waals surface area contributed by atoms with Crippen molar-refractivity contribution in [1.82, 2.24) is 4.90 Å². The summed E-state index contributed by atoms with van der Waals surface area (Å²) < 4.78 is 5.52. The molecule has 0 atom stereocenters. The highest BCUT2D eigenvalue weighted by Crippen LogP contribution is 2.37. The predicted molar refractivity (Wildman–Crippen MR) is 86.4 cm³/mol. The Hall–Kier alpha value is -1.75. The minimum atomic E-state index is -0.547. The van der Waals surface area contributed by atoms with Gasteiger partial charge in [-0.05, 0) is 39.8 Å². The van der Waals surface area contributed by atoms with Gasteiger partial charge in [0.05, 0.1) is 17.3 Å². The van der Waals surface area contributed by atoms with Gasteiger partial charge in [-0.15, -0.1) is 0 Å². The molecule has 0 radical (unpaired) electrons. The molecular formula is C16H21ClN2O3. The molecule has 22 heavy (non-hydrogen) atoms. The van der Waals surface area contributed by atoms with Crippen molar-refractivity contribution in [3.8, 4) is 5.75 Å². The number of para-hydroxylation sites is 1. The SMILES string of the molecule is CC(C)N(C(=O)C(=O)N1CCOc2c(Cl)cccc21)C(C)C. The number of amides is 2. The molecule has 1 aromatic rings. The Balaban J connectivity index is 2.32. The summed E-state index contributed by atoms with van der Waals surface area (Å²) >= 11 is 6.10. The molecule has 0 aromatic heterocycles. The molecule has 0 fully saturated rings. The van der Waals surface area contributed by atoms with E-state index in [0.717, 1.165) is 0 Å². The van der Waals surface area contributed by atoms with Crippen molar-refractivity contribution in [2.45, 2.75) is 39.8 Å². The Bertz CT molecular complexity index is 579. The maximum absolute atomic E-state index is 12.7. The second-order valence-electron chi connectivity index (χ2n) is 5.79. The van der Waals surface area contributed by atoms with Gasteiger partial charge in [0.2, 0.25) is 0 Å². The molecule has 0 saturated carbocycles. The molecule has 120 valence electrons. The number of rotatable bonds is 2. The smallest absolute Gasteiger partial charge is 0.316 e. The van der Waals surface area contributed by atoms with Gasteiger partial charge in [0.25, 0.3) is 0 Å². The molecule has 1 heterocycles. The molecule has 1 aliphatic rings. The monoisotopic (exact) mass is 324 g/mol. The van der Waals surface area contributed by atoms with Gasteiger partial charge in [-0.25, -0.2) is 0 Å². The van der Waals surface area contributed by atoms with E-state index in [1.165, 1.54) is 4.90 Å². The molecule has 0 N–H and O–H groups in total. The van der Waals surface area contributed by atoms with Crippen LogP contribution in [0.1, 0.15) is 27.7 Å². The van der Waals surface area contributed by atoms with Crippen molar-refractivity contribution in [3.05, 3.63) is 23.2 Å². The lowest BCUT2D eigenvalue weighted by molar-refractivity contribution is -0.147. The highest BCUT2D eigenvalue weighted by Gasteiger charge is 2.34. The molecule has 2 rings (SSSR count). The van der Waals surface area contributed by atoms with E-state index in [4.69, 9.17) is 16.3 Å². The first-order valence-corrected chi connectivity index (χ1v) is 7.77. The van der Waals surface area contributed by atoms with Crippen LogP contribution in [-0.4, -0.2) is 41.9 Å². The maximum atomic E-state index is 12.7. The fourth-order valence-electron chi connectivity index (χ4n) is 2.71. The van der Waals surface area contributed by atoms with Crippen molar-refractivity contribution in [3.63, 3.8) is 0 Å².